The number of aliphatic hydroxyl groups is 1. The fourth-order valence-electron chi connectivity index (χ4n) is 8.53. The first-order valence-corrected chi connectivity index (χ1v) is 36.0. The minimum Gasteiger partial charge on any atom is -0.756 e. The van der Waals surface area contributed by atoms with E-state index in [4.69, 9.17) is 32.9 Å². The quantitative estimate of drug-likeness (QED) is 0.00744. The van der Waals surface area contributed by atoms with E-state index in [1.54, 1.807) is 0 Å². The Bertz CT molecular complexity index is 1840. The Morgan fingerprint density at radius 2 is 0.655 bits per heavy atom. The van der Waals surface area contributed by atoms with Gasteiger partial charge in [-0.3, -0.25) is 28.3 Å². The van der Waals surface area contributed by atoms with E-state index in [2.05, 4.69) is 85.5 Å². The summed E-state index contributed by atoms with van der Waals surface area (Å²) in [4.78, 5) is 81.4. The van der Waals surface area contributed by atoms with Crippen LogP contribution < -0.4 is 22.1 Å². The summed E-state index contributed by atoms with van der Waals surface area (Å²) in [7, 11) is -10.7. The average molecular weight is 1280 g/mol. The fraction of sp³-hybridized carbons (Fsp3) is 0.815. The van der Waals surface area contributed by atoms with E-state index in [9.17, 15) is 43.2 Å². The van der Waals surface area contributed by atoms with Crippen molar-refractivity contribution in [1.29, 1.82) is 0 Å². The Morgan fingerprint density at radius 1 is 0.368 bits per heavy atom. The maximum absolute atomic E-state index is 12.9. The van der Waals surface area contributed by atoms with Gasteiger partial charge in [0.2, 0.25) is 0 Å². The Morgan fingerprint density at radius 3 is 1.02 bits per heavy atom. The largest absolute Gasteiger partial charge is 0.756 e. The molecule has 0 saturated heterocycles. The lowest BCUT2D eigenvalue weighted by atomic mass is 10.1. The van der Waals surface area contributed by atoms with Crippen LogP contribution in [0.15, 0.2) is 48.6 Å². The SMILES string of the molecule is CCCC/C=C\CCCCCCCCC(=O)O[C@H](COC(=O)CCCCCCC/C=C\CCCC)OOP(=O)([O-])OCC(O)COP(=O)([O-])OC[C@@H](COC(=O)CCCCCCC/C=C\CCCC)OC(=O)CCCCCCC/C=C\CCCC.[NH4+].[NH4+]. The second-order valence-corrected chi connectivity index (χ2v) is 24.7. The monoisotopic (exact) mass is 1280 g/mol. The zero-order valence-electron chi connectivity index (χ0n) is 55.2. The van der Waals surface area contributed by atoms with Crippen LogP contribution in [0, 0.1) is 0 Å². The van der Waals surface area contributed by atoms with Gasteiger partial charge in [0.1, 0.15) is 12.7 Å². The first-order valence-electron chi connectivity index (χ1n) is 33.1. The lowest BCUT2D eigenvalue weighted by Crippen LogP contribution is -2.31. The summed E-state index contributed by atoms with van der Waals surface area (Å²) in [5.41, 5.74) is 0. The average Bonchev–Trinajstić information content (AvgIpc) is 3.58. The number of hydrogen-bond donors (Lipinski definition) is 3. The van der Waals surface area contributed by atoms with Gasteiger partial charge < -0.3 is 59.7 Å². The molecule has 0 bridgehead atoms. The molecule has 0 aliphatic carbocycles. The fourth-order valence-corrected chi connectivity index (χ4v) is 9.91. The van der Waals surface area contributed by atoms with Crippen LogP contribution in [0.2, 0.25) is 0 Å². The summed E-state index contributed by atoms with van der Waals surface area (Å²) in [6.45, 7) is 4.63. The third kappa shape index (κ3) is 64.2. The summed E-state index contributed by atoms with van der Waals surface area (Å²) in [6, 6.07) is 0. The number of rotatable bonds is 63. The molecule has 20 nitrogen and oxygen atoms in total. The van der Waals surface area contributed by atoms with Gasteiger partial charge in [0.15, 0.2) is 12.7 Å². The first-order chi connectivity index (χ1) is 41.2. The van der Waals surface area contributed by atoms with Gasteiger partial charge in [0, 0.05) is 25.7 Å². The molecule has 9 N–H and O–H groups in total. The van der Waals surface area contributed by atoms with E-state index in [0.717, 1.165) is 161 Å². The summed E-state index contributed by atoms with van der Waals surface area (Å²) in [6.07, 6.45) is 49.6. The molecule has 0 rings (SSSR count). The van der Waals surface area contributed by atoms with Gasteiger partial charge in [-0.25, -0.2) is 0 Å². The predicted octanol–water partition coefficient (Wildman–Crippen LogP) is 17.2. The lowest BCUT2D eigenvalue weighted by Gasteiger charge is -2.27. The summed E-state index contributed by atoms with van der Waals surface area (Å²) < 4.78 is 65.9. The van der Waals surface area contributed by atoms with Gasteiger partial charge >= 0.3 is 23.9 Å². The van der Waals surface area contributed by atoms with Gasteiger partial charge in [0.25, 0.3) is 21.9 Å². The summed E-state index contributed by atoms with van der Waals surface area (Å²) in [5.74, 6) is -2.52. The Kier molecular flexibility index (Phi) is 65.2. The van der Waals surface area contributed by atoms with Crippen molar-refractivity contribution in [2.24, 2.45) is 0 Å². The van der Waals surface area contributed by atoms with E-state index in [0.29, 0.717) is 25.7 Å². The highest BCUT2D eigenvalue weighted by atomic mass is 31.2. The van der Waals surface area contributed by atoms with Crippen molar-refractivity contribution in [2.75, 3.05) is 33.0 Å². The third-order valence-electron chi connectivity index (χ3n) is 13.7. The standard InChI is InChI=1S/C65H118O18P2.2H3N/c1-5-9-13-17-21-25-29-33-37-41-45-49-53-64(70)81-65(58-76-62(68)51-47-43-39-35-31-27-23-19-15-11-7-3)82-83-85(73,74)78-55-59(66)54-77-84(71,72)79-57-60(80-63(69)52-48-44-40-36-32-28-24-20-16-12-8-4)56-75-61(67)50-46-42-38-34-30-26-22-18-14-10-6-2;;/h17-24,59-60,65-66H,5-16,25-58H2,1-4H3,(H,71,72)(H,73,74);2*1H3/b21-17-,22-18-,23-19-,24-20-;;/t59?,60-,65+;;/m1../s1. The number of ether oxygens (including phenoxy) is 4. The molecule has 87 heavy (non-hydrogen) atoms. The predicted molar refractivity (Wildman–Crippen MR) is 343 cm³/mol. The number of carbonyl (C=O) groups is 4. The van der Waals surface area contributed by atoms with Crippen molar-refractivity contribution in [2.45, 2.75) is 309 Å². The highest BCUT2D eigenvalue weighted by Gasteiger charge is 2.25. The van der Waals surface area contributed by atoms with Gasteiger partial charge in [-0.2, -0.15) is 9.56 Å². The zero-order valence-corrected chi connectivity index (χ0v) is 56.9. The maximum Gasteiger partial charge on any atom is 0.308 e. The van der Waals surface area contributed by atoms with Crippen LogP contribution in [0.1, 0.15) is 291 Å². The molecule has 0 heterocycles. The van der Waals surface area contributed by atoms with Crippen LogP contribution in [-0.4, -0.2) is 80.5 Å². The van der Waals surface area contributed by atoms with E-state index >= 15 is 0 Å². The molecular weight excluding hydrogens is 1160 g/mol. The molecular formula is C65H124N2O18P2. The van der Waals surface area contributed by atoms with E-state index in [1.165, 1.54) is 51.4 Å². The topological polar surface area (TPSA) is 325 Å². The van der Waals surface area contributed by atoms with E-state index in [-0.39, 0.29) is 38.0 Å². The van der Waals surface area contributed by atoms with E-state index in [1.807, 2.05) is 0 Å². The number of esters is 4. The van der Waals surface area contributed by atoms with Crippen molar-refractivity contribution in [3.8, 4) is 0 Å². The van der Waals surface area contributed by atoms with Crippen LogP contribution in [0.4, 0.5) is 0 Å². The molecule has 512 valence electrons. The summed E-state index contributed by atoms with van der Waals surface area (Å²) in [5, 5.41) is 10.4. The van der Waals surface area contributed by atoms with Gasteiger partial charge in [-0.05, 0) is 103 Å². The third-order valence-corrected chi connectivity index (χ3v) is 15.4. The second-order valence-electron chi connectivity index (χ2n) is 22.0. The number of phosphoric acid groups is 2. The van der Waals surface area contributed by atoms with Crippen LogP contribution in [-0.2, 0) is 70.4 Å². The number of carbonyl (C=O) groups excluding carboxylic acids is 4. The molecule has 5 atom stereocenters. The minimum absolute atomic E-state index is 0. The molecule has 3 unspecified atom stereocenters. The smallest absolute Gasteiger partial charge is 0.308 e. The Labute approximate surface area is 526 Å². The van der Waals surface area contributed by atoms with Crippen molar-refractivity contribution in [3.63, 3.8) is 0 Å². The molecule has 0 aromatic rings. The molecule has 0 aliphatic rings. The summed E-state index contributed by atoms with van der Waals surface area (Å²) >= 11 is 0. The number of quaternary nitrogens is 2. The van der Waals surface area contributed by atoms with Crippen molar-refractivity contribution in [3.05, 3.63) is 48.6 Å². The zero-order chi connectivity index (χ0) is 62.6. The first kappa shape index (κ1) is 88.1. The normalized spacial score (nSPS) is 14.1. The molecule has 0 amide bonds. The van der Waals surface area contributed by atoms with Crippen LogP contribution >= 0.6 is 15.6 Å². The van der Waals surface area contributed by atoms with Gasteiger partial charge in [-0.15, -0.1) is 0 Å². The minimum atomic E-state index is -5.44. The highest BCUT2D eigenvalue weighted by Crippen LogP contribution is 2.41. The lowest BCUT2D eigenvalue weighted by molar-refractivity contribution is -0.361. The molecule has 0 aromatic heterocycles. The van der Waals surface area contributed by atoms with E-state index < -0.39 is 91.1 Å². The molecule has 0 aliphatic heterocycles. The van der Waals surface area contributed by atoms with Gasteiger partial charge in [0.05, 0.1) is 19.8 Å². The molecule has 0 spiro atoms. The Hall–Kier alpha value is -3.10. The second kappa shape index (κ2) is 64.4. The molecule has 0 radical (unpaired) electrons. The maximum atomic E-state index is 12.9. The van der Waals surface area contributed by atoms with Crippen LogP contribution in [0.5, 0.6) is 0 Å². The van der Waals surface area contributed by atoms with Crippen molar-refractivity contribution in [1.82, 2.24) is 12.3 Å². The Balaban J connectivity index is -0.0000353. The molecule has 0 aromatic carbocycles. The number of allylic oxidation sites excluding steroid dienone is 8. The number of phosphoric ester groups is 2. The van der Waals surface area contributed by atoms with Crippen LogP contribution in [0.3, 0.4) is 0 Å². The number of unbranched alkanes of at least 4 members (excludes halogenated alkanes) is 29. The highest BCUT2D eigenvalue weighted by molar-refractivity contribution is 7.46. The number of hydrogen-bond acceptors (Lipinski definition) is 18. The number of aliphatic hydroxyl groups excluding tert-OH is 1. The molecule has 22 heteroatoms. The van der Waals surface area contributed by atoms with Crippen molar-refractivity contribution >= 4 is 39.5 Å². The van der Waals surface area contributed by atoms with Crippen molar-refractivity contribution < 1.29 is 85.3 Å². The molecule has 0 saturated carbocycles. The molecule has 0 fully saturated rings. The van der Waals surface area contributed by atoms with Crippen LogP contribution in [0.25, 0.3) is 0 Å². The van der Waals surface area contributed by atoms with Gasteiger partial charge in [-0.1, -0.05) is 211 Å².